The van der Waals surface area contributed by atoms with Crippen LogP contribution in [0, 0.1) is 11.3 Å². The summed E-state index contributed by atoms with van der Waals surface area (Å²) in [6.07, 6.45) is 2.38. The Bertz CT molecular complexity index is 1510. The molecule has 0 bridgehead atoms. The highest BCUT2D eigenvalue weighted by Gasteiger charge is 2.29. The molecule has 0 radical (unpaired) electrons. The van der Waals surface area contributed by atoms with Gasteiger partial charge in [0.15, 0.2) is 11.2 Å². The summed E-state index contributed by atoms with van der Waals surface area (Å²) in [5.41, 5.74) is 2.04. The van der Waals surface area contributed by atoms with Crippen molar-refractivity contribution in [3.63, 3.8) is 0 Å². The van der Waals surface area contributed by atoms with Crippen LogP contribution in [0.3, 0.4) is 0 Å². The maximum absolute atomic E-state index is 13.0. The number of anilines is 1. The summed E-state index contributed by atoms with van der Waals surface area (Å²) in [4.78, 5) is 39.1. The quantitative estimate of drug-likeness (QED) is 0.451. The summed E-state index contributed by atoms with van der Waals surface area (Å²) in [5, 5.41) is 12.7. The van der Waals surface area contributed by atoms with Crippen LogP contribution in [0.4, 0.5) is 5.95 Å². The van der Waals surface area contributed by atoms with Gasteiger partial charge in [0.2, 0.25) is 5.95 Å². The summed E-state index contributed by atoms with van der Waals surface area (Å²) < 4.78 is 3.21. The molecule has 10 heteroatoms. The van der Waals surface area contributed by atoms with Gasteiger partial charge in [0.25, 0.3) is 5.56 Å². The molecular formula is C25H26N8O2. The number of nitrogens with one attached hydrogen (secondary N) is 2. The number of rotatable bonds is 5. The number of hydrogen-bond acceptors (Lipinski definition) is 7. The molecule has 0 amide bonds. The summed E-state index contributed by atoms with van der Waals surface area (Å²) in [7, 11) is 1.60. The molecule has 10 nitrogen and oxygen atoms in total. The predicted octanol–water partition coefficient (Wildman–Crippen LogP) is 1.32. The number of fused-ring (bicyclic) bond motifs is 1. The van der Waals surface area contributed by atoms with Gasteiger partial charge in [-0.05, 0) is 31.0 Å². The van der Waals surface area contributed by atoms with E-state index in [-0.39, 0.29) is 12.1 Å². The molecule has 4 aromatic rings. The first-order chi connectivity index (χ1) is 17.0. The number of aryl methyl sites for hydroxylation is 1. The molecule has 1 aromatic carbocycles. The van der Waals surface area contributed by atoms with Gasteiger partial charge in [-0.25, -0.2) is 4.79 Å². The maximum Gasteiger partial charge on any atom is 0.329 e. The zero-order valence-electron chi connectivity index (χ0n) is 19.6. The van der Waals surface area contributed by atoms with Crippen molar-refractivity contribution in [2.45, 2.75) is 25.4 Å². The molecule has 2 N–H and O–H groups in total. The Morgan fingerprint density at radius 1 is 1.20 bits per heavy atom. The molecule has 1 fully saturated rings. The Labute approximate surface area is 201 Å². The van der Waals surface area contributed by atoms with E-state index >= 15 is 0 Å². The number of piperazine rings is 1. The van der Waals surface area contributed by atoms with E-state index in [1.807, 2.05) is 29.7 Å². The number of aromatic amines is 1. The fraction of sp³-hybridized carbons (Fsp3) is 0.320. The van der Waals surface area contributed by atoms with Gasteiger partial charge in [-0.1, -0.05) is 30.3 Å². The second kappa shape index (κ2) is 9.19. The number of hydrogen-bond donors (Lipinski definition) is 2. The molecule has 1 aliphatic rings. The van der Waals surface area contributed by atoms with E-state index in [0.717, 1.165) is 13.0 Å². The van der Waals surface area contributed by atoms with Crippen LogP contribution in [0.15, 0.2) is 58.3 Å². The molecule has 0 saturated carbocycles. The molecular weight excluding hydrogens is 444 g/mol. The maximum atomic E-state index is 13.0. The Morgan fingerprint density at radius 2 is 2.00 bits per heavy atom. The summed E-state index contributed by atoms with van der Waals surface area (Å²) in [5.74, 6) is 0.616. The standard InChI is InChI=1S/C25H26N8O2/c1-16(20-9-8-18(13-26)14-28-20)33-21-22(31(2)25(35)30-23(21)34)29-24(33)32-11-10-27-19(15-32)12-17-6-4-3-5-7-17/h3-9,14,16,19,27H,10-12,15H2,1-2H3,(H,30,34,35). The number of imidazole rings is 1. The van der Waals surface area contributed by atoms with Crippen LogP contribution in [-0.4, -0.2) is 49.8 Å². The lowest BCUT2D eigenvalue weighted by molar-refractivity contribution is 0.444. The largest absolute Gasteiger partial charge is 0.339 e. The van der Waals surface area contributed by atoms with Crippen LogP contribution in [0.1, 0.15) is 29.8 Å². The van der Waals surface area contributed by atoms with Crippen molar-refractivity contribution < 1.29 is 0 Å². The lowest BCUT2D eigenvalue weighted by atomic mass is 10.0. The van der Waals surface area contributed by atoms with Gasteiger partial charge in [-0.3, -0.25) is 23.9 Å². The van der Waals surface area contributed by atoms with Gasteiger partial charge >= 0.3 is 5.69 Å². The number of nitrogens with zero attached hydrogens (tertiary/aromatic N) is 6. The van der Waals surface area contributed by atoms with Crippen LogP contribution in [0.2, 0.25) is 0 Å². The first kappa shape index (κ1) is 22.6. The predicted molar refractivity (Wildman–Crippen MR) is 133 cm³/mol. The van der Waals surface area contributed by atoms with Crippen molar-refractivity contribution >= 4 is 17.1 Å². The molecule has 4 heterocycles. The molecule has 178 valence electrons. The van der Waals surface area contributed by atoms with Crippen LogP contribution in [0.5, 0.6) is 0 Å². The van der Waals surface area contributed by atoms with Crippen molar-refractivity contribution in [2.75, 3.05) is 24.5 Å². The molecule has 5 rings (SSSR count). The smallest absolute Gasteiger partial charge is 0.329 e. The lowest BCUT2D eigenvalue weighted by Crippen LogP contribution is -2.52. The van der Waals surface area contributed by atoms with Gasteiger partial charge in [-0.15, -0.1) is 0 Å². The lowest BCUT2D eigenvalue weighted by Gasteiger charge is -2.35. The fourth-order valence-electron chi connectivity index (χ4n) is 4.67. The highest BCUT2D eigenvalue weighted by Crippen LogP contribution is 2.28. The van der Waals surface area contributed by atoms with E-state index in [0.29, 0.717) is 41.5 Å². The Balaban J connectivity index is 1.59. The number of pyridine rings is 1. The number of aromatic nitrogens is 5. The van der Waals surface area contributed by atoms with Crippen LogP contribution < -0.4 is 21.5 Å². The minimum atomic E-state index is -0.509. The highest BCUT2D eigenvalue weighted by atomic mass is 16.2. The van der Waals surface area contributed by atoms with Crippen LogP contribution >= 0.6 is 0 Å². The molecule has 1 aliphatic heterocycles. The first-order valence-electron chi connectivity index (χ1n) is 11.6. The van der Waals surface area contributed by atoms with E-state index < -0.39 is 11.2 Å². The third-order valence-corrected chi connectivity index (χ3v) is 6.53. The minimum Gasteiger partial charge on any atom is -0.339 e. The van der Waals surface area contributed by atoms with E-state index in [2.05, 4.69) is 38.4 Å². The normalized spacial score (nSPS) is 16.8. The van der Waals surface area contributed by atoms with Crippen molar-refractivity contribution in [3.05, 3.63) is 86.3 Å². The molecule has 1 saturated heterocycles. The molecule has 2 atom stereocenters. The zero-order valence-corrected chi connectivity index (χ0v) is 19.6. The van der Waals surface area contributed by atoms with Crippen LogP contribution in [-0.2, 0) is 13.5 Å². The SMILES string of the molecule is CC(c1ccc(C#N)cn1)n1c(N2CCNC(Cc3ccccc3)C2)nc2c1c(=O)[nH]c(=O)n2C. The number of H-pyrrole nitrogens is 1. The zero-order chi connectivity index (χ0) is 24.5. The third kappa shape index (κ3) is 4.22. The van der Waals surface area contributed by atoms with Gasteiger partial charge < -0.3 is 10.2 Å². The topological polar surface area (TPSA) is 125 Å². The number of benzene rings is 1. The molecule has 35 heavy (non-hydrogen) atoms. The van der Waals surface area contributed by atoms with Crippen molar-refractivity contribution in [3.8, 4) is 6.07 Å². The molecule has 0 aliphatic carbocycles. The second-order valence-corrected chi connectivity index (χ2v) is 8.82. The summed E-state index contributed by atoms with van der Waals surface area (Å²) >= 11 is 0. The van der Waals surface area contributed by atoms with Gasteiger partial charge in [-0.2, -0.15) is 10.2 Å². The van der Waals surface area contributed by atoms with E-state index in [9.17, 15) is 9.59 Å². The summed E-state index contributed by atoms with van der Waals surface area (Å²) in [6, 6.07) is 15.7. The van der Waals surface area contributed by atoms with Gasteiger partial charge in [0.1, 0.15) is 6.07 Å². The second-order valence-electron chi connectivity index (χ2n) is 8.82. The molecule has 3 aromatic heterocycles. The summed E-state index contributed by atoms with van der Waals surface area (Å²) in [6.45, 7) is 4.10. The average molecular weight is 471 g/mol. The van der Waals surface area contributed by atoms with E-state index in [4.69, 9.17) is 10.2 Å². The molecule has 2 unspecified atom stereocenters. The van der Waals surface area contributed by atoms with Crippen LogP contribution in [0.25, 0.3) is 11.2 Å². The molecule has 0 spiro atoms. The monoisotopic (exact) mass is 470 g/mol. The Kier molecular flexibility index (Phi) is 5.93. The average Bonchev–Trinajstić information content (AvgIpc) is 3.29. The van der Waals surface area contributed by atoms with Crippen molar-refractivity contribution in [2.24, 2.45) is 7.05 Å². The minimum absolute atomic E-state index is 0.199. The Morgan fingerprint density at radius 3 is 2.71 bits per heavy atom. The first-order valence-corrected chi connectivity index (χ1v) is 11.6. The van der Waals surface area contributed by atoms with E-state index in [1.54, 1.807) is 19.2 Å². The Hall–Kier alpha value is -4.23. The van der Waals surface area contributed by atoms with Gasteiger partial charge in [0, 0.05) is 38.9 Å². The highest BCUT2D eigenvalue weighted by molar-refractivity contribution is 5.75. The fourth-order valence-corrected chi connectivity index (χ4v) is 4.67. The van der Waals surface area contributed by atoms with E-state index in [1.165, 1.54) is 16.3 Å². The van der Waals surface area contributed by atoms with Gasteiger partial charge in [0.05, 0.1) is 17.3 Å². The number of nitriles is 1. The van der Waals surface area contributed by atoms with Crippen molar-refractivity contribution in [1.82, 2.24) is 29.4 Å². The van der Waals surface area contributed by atoms with Crippen molar-refractivity contribution in [1.29, 1.82) is 5.26 Å². The third-order valence-electron chi connectivity index (χ3n) is 6.53.